The van der Waals surface area contributed by atoms with Gasteiger partial charge in [-0.2, -0.15) is 0 Å². The fourth-order valence-corrected chi connectivity index (χ4v) is 2.65. The summed E-state index contributed by atoms with van der Waals surface area (Å²) < 4.78 is 5.72. The molecule has 18 heavy (non-hydrogen) atoms. The molecule has 0 amide bonds. The van der Waals surface area contributed by atoms with Gasteiger partial charge < -0.3 is 10.5 Å². The van der Waals surface area contributed by atoms with Crippen molar-refractivity contribution in [2.24, 2.45) is 5.73 Å². The smallest absolute Gasteiger partial charge is 0.119 e. The molecule has 0 fully saturated rings. The van der Waals surface area contributed by atoms with Crippen molar-refractivity contribution in [3.8, 4) is 5.75 Å². The molecule has 0 saturated heterocycles. The second-order valence-corrected chi connectivity index (χ2v) is 5.49. The van der Waals surface area contributed by atoms with Crippen LogP contribution < -0.4 is 10.5 Å². The molecule has 0 saturated carbocycles. The molecule has 0 aliphatic rings. The highest BCUT2D eigenvalue weighted by molar-refractivity contribution is 7.80. The van der Waals surface area contributed by atoms with E-state index >= 15 is 0 Å². The third kappa shape index (κ3) is 3.31. The van der Waals surface area contributed by atoms with E-state index in [9.17, 15) is 0 Å². The van der Waals surface area contributed by atoms with Crippen molar-refractivity contribution in [2.45, 2.75) is 13.3 Å². The molecule has 2 aromatic rings. The molecule has 0 radical (unpaired) electrons. The lowest BCUT2D eigenvalue weighted by Gasteiger charge is -2.09. The van der Waals surface area contributed by atoms with E-state index in [0.29, 0.717) is 11.6 Å². The van der Waals surface area contributed by atoms with Gasteiger partial charge in [-0.3, -0.25) is 0 Å². The van der Waals surface area contributed by atoms with Gasteiger partial charge in [0.05, 0.1) is 6.61 Å². The number of aryl methyl sites for hydroxylation is 1. The maximum atomic E-state index is 5.72. The summed E-state index contributed by atoms with van der Waals surface area (Å²) in [6, 6.07) is 9.98. The zero-order chi connectivity index (χ0) is 13.0. The first-order valence-electron chi connectivity index (χ1n) is 5.72. The number of benzene rings is 1. The summed E-state index contributed by atoms with van der Waals surface area (Å²) in [5, 5.41) is 2.08. The summed E-state index contributed by atoms with van der Waals surface area (Å²) in [5.74, 6) is 0.865. The molecule has 0 aliphatic heterocycles. The molecule has 0 unspecified atom stereocenters. The summed E-state index contributed by atoms with van der Waals surface area (Å²) >= 11 is 6.73. The fourth-order valence-electron chi connectivity index (χ4n) is 1.73. The van der Waals surface area contributed by atoms with Crippen LogP contribution >= 0.6 is 23.6 Å². The highest BCUT2D eigenvalue weighted by Gasteiger charge is 2.03. The Hall–Kier alpha value is -1.39. The van der Waals surface area contributed by atoms with E-state index in [1.54, 1.807) is 11.3 Å². The average Bonchev–Trinajstić information content (AvgIpc) is 2.81. The molecule has 2 rings (SSSR count). The second kappa shape index (κ2) is 5.98. The molecular formula is C14H15NOS2. The molecule has 1 aromatic heterocycles. The molecule has 1 heterocycles. The molecule has 1 aromatic carbocycles. The van der Waals surface area contributed by atoms with Gasteiger partial charge in [0.15, 0.2) is 0 Å². The van der Waals surface area contributed by atoms with E-state index < -0.39 is 0 Å². The highest BCUT2D eigenvalue weighted by Crippen LogP contribution is 2.18. The zero-order valence-corrected chi connectivity index (χ0v) is 11.8. The van der Waals surface area contributed by atoms with Gasteiger partial charge in [0.25, 0.3) is 0 Å². The van der Waals surface area contributed by atoms with Crippen molar-refractivity contribution in [3.05, 3.63) is 51.7 Å². The van der Waals surface area contributed by atoms with E-state index in [2.05, 4.69) is 17.5 Å². The van der Waals surface area contributed by atoms with Gasteiger partial charge in [-0.05, 0) is 42.1 Å². The number of nitrogens with two attached hydrogens (primary N) is 1. The Morgan fingerprint density at radius 1 is 1.39 bits per heavy atom. The predicted octanol–water partition coefficient (Wildman–Crippen LogP) is 3.31. The van der Waals surface area contributed by atoms with Crippen molar-refractivity contribution in [1.82, 2.24) is 0 Å². The van der Waals surface area contributed by atoms with E-state index in [1.807, 2.05) is 25.1 Å². The van der Waals surface area contributed by atoms with E-state index in [1.165, 1.54) is 4.88 Å². The van der Waals surface area contributed by atoms with Crippen LogP contribution in [0.2, 0.25) is 0 Å². The summed E-state index contributed by atoms with van der Waals surface area (Å²) in [6.07, 6.45) is 0.938. The minimum Gasteiger partial charge on any atom is -0.493 e. The van der Waals surface area contributed by atoms with Crippen LogP contribution in [0, 0.1) is 6.92 Å². The monoisotopic (exact) mass is 277 g/mol. The molecule has 0 atom stereocenters. The summed E-state index contributed by atoms with van der Waals surface area (Å²) in [5.41, 5.74) is 7.59. The normalized spacial score (nSPS) is 10.3. The van der Waals surface area contributed by atoms with Crippen LogP contribution in [-0.2, 0) is 6.42 Å². The lowest BCUT2D eigenvalue weighted by Crippen LogP contribution is -2.11. The van der Waals surface area contributed by atoms with Gasteiger partial charge in [0.1, 0.15) is 10.7 Å². The van der Waals surface area contributed by atoms with E-state index in [4.69, 9.17) is 22.7 Å². The topological polar surface area (TPSA) is 35.2 Å². The molecule has 2 N–H and O–H groups in total. The van der Waals surface area contributed by atoms with Gasteiger partial charge >= 0.3 is 0 Å². The van der Waals surface area contributed by atoms with Crippen molar-refractivity contribution in [2.75, 3.05) is 6.61 Å². The quantitative estimate of drug-likeness (QED) is 0.852. The Bertz CT molecular complexity index is 535. The van der Waals surface area contributed by atoms with Crippen LogP contribution in [0.5, 0.6) is 5.75 Å². The molecule has 0 aliphatic carbocycles. The molecule has 2 nitrogen and oxygen atoms in total. The molecule has 0 bridgehead atoms. The maximum absolute atomic E-state index is 5.72. The van der Waals surface area contributed by atoms with E-state index in [-0.39, 0.29) is 0 Å². The highest BCUT2D eigenvalue weighted by atomic mass is 32.1. The van der Waals surface area contributed by atoms with Crippen molar-refractivity contribution < 1.29 is 4.74 Å². The fraction of sp³-hybridized carbons (Fsp3) is 0.214. The van der Waals surface area contributed by atoms with Crippen LogP contribution in [0.3, 0.4) is 0 Å². The van der Waals surface area contributed by atoms with E-state index in [0.717, 1.165) is 23.3 Å². The SMILES string of the molecule is Cc1cc(OCCc2cccs2)ccc1C(N)=S. The zero-order valence-electron chi connectivity index (χ0n) is 10.2. The van der Waals surface area contributed by atoms with Gasteiger partial charge in [-0.1, -0.05) is 18.3 Å². The van der Waals surface area contributed by atoms with Gasteiger partial charge in [-0.25, -0.2) is 0 Å². The third-order valence-corrected chi connectivity index (χ3v) is 3.82. The van der Waals surface area contributed by atoms with Gasteiger partial charge in [-0.15, -0.1) is 11.3 Å². The lowest BCUT2D eigenvalue weighted by molar-refractivity contribution is 0.323. The summed E-state index contributed by atoms with van der Waals surface area (Å²) in [4.78, 5) is 1.77. The molecular weight excluding hydrogens is 262 g/mol. The minimum atomic E-state index is 0.428. The Kier molecular flexibility index (Phi) is 4.33. The number of hydrogen-bond acceptors (Lipinski definition) is 3. The standard InChI is InChI=1S/C14H15NOS2/c1-10-9-11(4-5-13(10)14(15)17)16-7-6-12-3-2-8-18-12/h2-5,8-9H,6-7H2,1H3,(H2,15,17). The van der Waals surface area contributed by atoms with Crippen molar-refractivity contribution >= 4 is 28.5 Å². The first-order chi connectivity index (χ1) is 8.66. The van der Waals surface area contributed by atoms with Crippen LogP contribution in [0.4, 0.5) is 0 Å². The number of thiophene rings is 1. The summed E-state index contributed by atoms with van der Waals surface area (Å²) in [6.45, 7) is 2.67. The molecule has 94 valence electrons. The van der Waals surface area contributed by atoms with Crippen LogP contribution in [0.25, 0.3) is 0 Å². The number of ether oxygens (including phenoxy) is 1. The summed E-state index contributed by atoms with van der Waals surface area (Å²) in [7, 11) is 0. The Labute approximate surface area is 116 Å². The Morgan fingerprint density at radius 3 is 2.83 bits per heavy atom. The van der Waals surface area contributed by atoms with Crippen LogP contribution in [-0.4, -0.2) is 11.6 Å². The van der Waals surface area contributed by atoms with Gasteiger partial charge in [0.2, 0.25) is 0 Å². The van der Waals surface area contributed by atoms with Gasteiger partial charge in [0, 0.05) is 16.9 Å². The number of thiocarbonyl (C=S) groups is 1. The minimum absolute atomic E-state index is 0.428. The van der Waals surface area contributed by atoms with Crippen molar-refractivity contribution in [3.63, 3.8) is 0 Å². The second-order valence-electron chi connectivity index (χ2n) is 4.02. The Morgan fingerprint density at radius 2 is 2.22 bits per heavy atom. The maximum Gasteiger partial charge on any atom is 0.119 e. The first-order valence-corrected chi connectivity index (χ1v) is 7.01. The third-order valence-electron chi connectivity index (χ3n) is 2.66. The van der Waals surface area contributed by atoms with Crippen LogP contribution in [0.1, 0.15) is 16.0 Å². The lowest BCUT2D eigenvalue weighted by atomic mass is 10.1. The van der Waals surface area contributed by atoms with Crippen LogP contribution in [0.15, 0.2) is 35.7 Å². The average molecular weight is 277 g/mol. The number of rotatable bonds is 5. The first kappa shape index (κ1) is 13.1. The Balaban J connectivity index is 1.94. The molecule has 4 heteroatoms. The van der Waals surface area contributed by atoms with Crippen molar-refractivity contribution in [1.29, 1.82) is 0 Å². The predicted molar refractivity (Wildman–Crippen MR) is 80.6 cm³/mol. The molecule has 0 spiro atoms. The number of hydrogen-bond donors (Lipinski definition) is 1. The largest absolute Gasteiger partial charge is 0.493 e.